The van der Waals surface area contributed by atoms with E-state index in [2.05, 4.69) is 20.5 Å². The van der Waals surface area contributed by atoms with E-state index < -0.39 is 23.8 Å². The molecule has 1 unspecified atom stereocenters. The van der Waals surface area contributed by atoms with Crippen molar-refractivity contribution in [1.82, 2.24) is 24.5 Å². The SMILES string of the molecule is Cc1cccc(Cn2cnc(NC(=O)C(C)n3nc(C(F)(F)F)cc3C)n2)c1. The number of benzene rings is 1. The summed E-state index contributed by atoms with van der Waals surface area (Å²) in [5.74, 6) is -0.487. The predicted molar refractivity (Wildman–Crippen MR) is 95.6 cm³/mol. The fraction of sp³-hybridized carbons (Fsp3) is 0.333. The molecular weight excluding hydrogens is 373 g/mol. The Balaban J connectivity index is 1.68. The van der Waals surface area contributed by atoms with Crippen molar-refractivity contribution >= 4 is 11.9 Å². The van der Waals surface area contributed by atoms with Gasteiger partial charge in [-0.25, -0.2) is 9.67 Å². The van der Waals surface area contributed by atoms with Crippen molar-refractivity contribution in [1.29, 1.82) is 0 Å². The van der Waals surface area contributed by atoms with Crippen molar-refractivity contribution in [2.45, 2.75) is 39.5 Å². The number of anilines is 1. The van der Waals surface area contributed by atoms with Crippen molar-refractivity contribution < 1.29 is 18.0 Å². The maximum absolute atomic E-state index is 12.8. The maximum Gasteiger partial charge on any atom is 0.435 e. The summed E-state index contributed by atoms with van der Waals surface area (Å²) in [6, 6.07) is 7.83. The summed E-state index contributed by atoms with van der Waals surface area (Å²) in [7, 11) is 0. The Morgan fingerprint density at radius 2 is 1.96 bits per heavy atom. The lowest BCUT2D eigenvalue weighted by molar-refractivity contribution is -0.141. The summed E-state index contributed by atoms with van der Waals surface area (Å²) < 4.78 is 41.0. The Morgan fingerprint density at radius 1 is 1.21 bits per heavy atom. The second kappa shape index (κ2) is 7.45. The second-order valence-electron chi connectivity index (χ2n) is 6.53. The molecule has 3 rings (SSSR count). The molecule has 3 aromatic rings. The first-order valence-electron chi connectivity index (χ1n) is 8.52. The van der Waals surface area contributed by atoms with E-state index in [1.54, 1.807) is 4.68 Å². The molecule has 0 fully saturated rings. The molecule has 0 saturated carbocycles. The molecule has 28 heavy (non-hydrogen) atoms. The zero-order valence-corrected chi connectivity index (χ0v) is 15.5. The van der Waals surface area contributed by atoms with Crippen LogP contribution in [0.2, 0.25) is 0 Å². The monoisotopic (exact) mass is 392 g/mol. The first kappa shape index (κ1) is 19.6. The van der Waals surface area contributed by atoms with Crippen LogP contribution in [0, 0.1) is 13.8 Å². The van der Waals surface area contributed by atoms with Crippen molar-refractivity contribution in [2.24, 2.45) is 0 Å². The van der Waals surface area contributed by atoms with E-state index in [9.17, 15) is 18.0 Å². The number of nitrogens with zero attached hydrogens (tertiary/aromatic N) is 5. The Kier molecular flexibility index (Phi) is 5.21. The maximum atomic E-state index is 12.8. The third-order valence-corrected chi connectivity index (χ3v) is 4.16. The van der Waals surface area contributed by atoms with E-state index in [1.807, 2.05) is 31.2 Å². The Morgan fingerprint density at radius 3 is 2.61 bits per heavy atom. The van der Waals surface area contributed by atoms with Gasteiger partial charge in [-0.05, 0) is 32.4 Å². The van der Waals surface area contributed by atoms with Gasteiger partial charge in [-0.3, -0.25) is 14.8 Å². The summed E-state index contributed by atoms with van der Waals surface area (Å²) >= 11 is 0. The Labute approximate surface area is 159 Å². The molecule has 0 saturated heterocycles. The number of aromatic nitrogens is 5. The van der Waals surface area contributed by atoms with Gasteiger partial charge in [0.25, 0.3) is 5.91 Å². The van der Waals surface area contributed by atoms with Crippen LogP contribution in [0.3, 0.4) is 0 Å². The summed E-state index contributed by atoms with van der Waals surface area (Å²) in [6.45, 7) is 5.38. The molecule has 0 radical (unpaired) electrons. The highest BCUT2D eigenvalue weighted by molar-refractivity contribution is 5.91. The number of alkyl halides is 3. The van der Waals surface area contributed by atoms with E-state index in [0.29, 0.717) is 6.54 Å². The van der Waals surface area contributed by atoms with Crippen LogP contribution in [0.5, 0.6) is 0 Å². The summed E-state index contributed by atoms with van der Waals surface area (Å²) in [6.07, 6.45) is -3.09. The average molecular weight is 392 g/mol. The molecule has 10 heteroatoms. The van der Waals surface area contributed by atoms with Gasteiger partial charge < -0.3 is 0 Å². The molecule has 2 aromatic heterocycles. The van der Waals surface area contributed by atoms with E-state index in [0.717, 1.165) is 21.9 Å². The topological polar surface area (TPSA) is 77.6 Å². The molecule has 1 atom stereocenters. The first-order chi connectivity index (χ1) is 13.1. The summed E-state index contributed by atoms with van der Waals surface area (Å²) in [4.78, 5) is 16.4. The number of amides is 1. The number of rotatable bonds is 5. The molecular formula is C18H19F3N6O. The highest BCUT2D eigenvalue weighted by Gasteiger charge is 2.35. The molecule has 1 amide bonds. The normalized spacial score (nSPS) is 12.8. The second-order valence-corrected chi connectivity index (χ2v) is 6.53. The van der Waals surface area contributed by atoms with Crippen molar-refractivity contribution in [3.8, 4) is 0 Å². The zero-order chi connectivity index (χ0) is 20.5. The lowest BCUT2D eigenvalue weighted by Crippen LogP contribution is -2.26. The fourth-order valence-electron chi connectivity index (χ4n) is 2.77. The number of carbonyl (C=O) groups excluding carboxylic acids is 1. The van der Waals surface area contributed by atoms with Crippen molar-refractivity contribution in [2.75, 3.05) is 5.32 Å². The van der Waals surface area contributed by atoms with Crippen LogP contribution in [0.1, 0.15) is 35.5 Å². The van der Waals surface area contributed by atoms with Crippen LogP contribution < -0.4 is 5.32 Å². The first-order valence-corrected chi connectivity index (χ1v) is 8.52. The fourth-order valence-corrected chi connectivity index (χ4v) is 2.77. The van der Waals surface area contributed by atoms with Gasteiger partial charge in [0, 0.05) is 5.69 Å². The number of hydrogen-bond donors (Lipinski definition) is 1. The minimum atomic E-state index is -4.57. The molecule has 7 nitrogen and oxygen atoms in total. The number of halogens is 3. The zero-order valence-electron chi connectivity index (χ0n) is 15.5. The number of hydrogen-bond acceptors (Lipinski definition) is 4. The van der Waals surface area contributed by atoms with E-state index in [1.165, 1.54) is 20.2 Å². The van der Waals surface area contributed by atoms with Gasteiger partial charge in [-0.1, -0.05) is 29.8 Å². The highest BCUT2D eigenvalue weighted by atomic mass is 19.4. The van der Waals surface area contributed by atoms with Gasteiger partial charge in [0.05, 0.1) is 6.54 Å². The van der Waals surface area contributed by atoms with Crippen LogP contribution in [-0.4, -0.2) is 30.5 Å². The Hall–Kier alpha value is -3.17. The van der Waals surface area contributed by atoms with Gasteiger partial charge in [-0.15, -0.1) is 5.10 Å². The third kappa shape index (κ3) is 4.38. The van der Waals surface area contributed by atoms with Crippen LogP contribution in [0.15, 0.2) is 36.7 Å². The molecule has 1 N–H and O–H groups in total. The van der Waals surface area contributed by atoms with Crippen LogP contribution in [-0.2, 0) is 17.5 Å². The minimum absolute atomic E-state index is 0.0744. The lowest BCUT2D eigenvalue weighted by atomic mass is 10.1. The molecule has 0 aliphatic carbocycles. The van der Waals surface area contributed by atoms with Gasteiger partial charge in [0.1, 0.15) is 12.4 Å². The molecule has 0 aliphatic rings. The summed E-state index contributed by atoms with van der Waals surface area (Å²) in [5, 5.41) is 10.2. The molecule has 148 valence electrons. The molecule has 2 heterocycles. The van der Waals surface area contributed by atoms with Gasteiger partial charge in [-0.2, -0.15) is 18.3 Å². The van der Waals surface area contributed by atoms with Crippen molar-refractivity contribution in [3.63, 3.8) is 0 Å². The van der Waals surface area contributed by atoms with Crippen LogP contribution in [0.4, 0.5) is 19.1 Å². The average Bonchev–Trinajstić information content (AvgIpc) is 3.20. The van der Waals surface area contributed by atoms with Crippen LogP contribution in [0.25, 0.3) is 0 Å². The number of aryl methyl sites for hydroxylation is 2. The van der Waals surface area contributed by atoms with E-state index in [-0.39, 0.29) is 11.6 Å². The molecule has 0 bridgehead atoms. The van der Waals surface area contributed by atoms with E-state index >= 15 is 0 Å². The van der Waals surface area contributed by atoms with Gasteiger partial charge in [0.15, 0.2) is 5.69 Å². The summed E-state index contributed by atoms with van der Waals surface area (Å²) in [5.41, 5.74) is 1.34. The van der Waals surface area contributed by atoms with Crippen molar-refractivity contribution in [3.05, 3.63) is 59.2 Å². The molecule has 0 spiro atoms. The standard InChI is InChI=1S/C18H19F3N6O/c1-11-5-4-6-14(7-11)9-26-10-22-17(25-26)23-16(28)13(3)27-12(2)8-15(24-27)18(19,20)21/h4-8,10,13H,9H2,1-3H3,(H,23,25,28). The minimum Gasteiger partial charge on any atom is -0.291 e. The Bertz CT molecular complexity index is 991. The third-order valence-electron chi connectivity index (χ3n) is 4.16. The van der Waals surface area contributed by atoms with E-state index in [4.69, 9.17) is 0 Å². The molecule has 1 aromatic carbocycles. The van der Waals surface area contributed by atoms with Crippen LogP contribution >= 0.6 is 0 Å². The van der Waals surface area contributed by atoms with Gasteiger partial charge in [0.2, 0.25) is 5.95 Å². The smallest absolute Gasteiger partial charge is 0.291 e. The number of nitrogens with one attached hydrogen (secondary N) is 1. The van der Waals surface area contributed by atoms with Gasteiger partial charge >= 0.3 is 6.18 Å². The highest BCUT2D eigenvalue weighted by Crippen LogP contribution is 2.29. The molecule has 0 aliphatic heterocycles. The predicted octanol–water partition coefficient (Wildman–Crippen LogP) is 3.36. The quantitative estimate of drug-likeness (QED) is 0.722. The lowest BCUT2D eigenvalue weighted by Gasteiger charge is -2.13. The number of carbonyl (C=O) groups is 1. The largest absolute Gasteiger partial charge is 0.435 e.